The van der Waals surface area contributed by atoms with Gasteiger partial charge >= 0.3 is 0 Å². The number of aliphatic imine (C=N–C) groups is 1. The van der Waals surface area contributed by atoms with Crippen LogP contribution < -0.4 is 10.1 Å². The molecule has 6 heteroatoms. The molecular weight excluding hydrogens is 383 g/mol. The molecule has 1 heterocycles. The Morgan fingerprint density at radius 3 is 2.63 bits per heavy atom. The second-order valence-electron chi connectivity index (χ2n) is 7.56. The lowest BCUT2D eigenvalue weighted by Gasteiger charge is -2.35. The van der Waals surface area contributed by atoms with Crippen LogP contribution in [0.25, 0.3) is 0 Å². The number of amides is 1. The fourth-order valence-corrected chi connectivity index (χ4v) is 4.37. The van der Waals surface area contributed by atoms with Crippen molar-refractivity contribution in [3.63, 3.8) is 0 Å². The van der Waals surface area contributed by atoms with Crippen LogP contribution in [0.1, 0.15) is 37.7 Å². The minimum absolute atomic E-state index is 0.0594. The SMILES string of the molecule is COc1ccccc1NC(=O)C1C(C)=NC2=C(C(=O)CCC2)[C@H]1c1ccccc1F. The van der Waals surface area contributed by atoms with Gasteiger partial charge in [-0.15, -0.1) is 0 Å². The molecule has 2 aromatic rings. The van der Waals surface area contributed by atoms with E-state index >= 15 is 0 Å². The molecule has 0 aromatic heterocycles. The molecule has 2 aliphatic rings. The summed E-state index contributed by atoms with van der Waals surface area (Å²) in [6.07, 6.45) is 1.76. The van der Waals surface area contributed by atoms with Gasteiger partial charge in [-0.25, -0.2) is 4.39 Å². The highest BCUT2D eigenvalue weighted by Crippen LogP contribution is 2.44. The molecule has 154 valence electrons. The molecule has 0 bridgehead atoms. The molecule has 2 aromatic carbocycles. The fraction of sp³-hybridized carbons (Fsp3) is 0.292. The van der Waals surface area contributed by atoms with Crippen molar-refractivity contribution in [1.29, 1.82) is 0 Å². The van der Waals surface area contributed by atoms with Gasteiger partial charge in [-0.3, -0.25) is 14.6 Å². The molecule has 0 fully saturated rings. The summed E-state index contributed by atoms with van der Waals surface area (Å²) in [7, 11) is 1.53. The molecule has 0 spiro atoms. The van der Waals surface area contributed by atoms with Crippen LogP contribution in [0, 0.1) is 11.7 Å². The van der Waals surface area contributed by atoms with Crippen molar-refractivity contribution in [1.82, 2.24) is 0 Å². The molecule has 4 rings (SSSR count). The summed E-state index contributed by atoms with van der Waals surface area (Å²) in [6.45, 7) is 1.77. The lowest BCUT2D eigenvalue weighted by atomic mass is 9.71. The van der Waals surface area contributed by atoms with Gasteiger partial charge in [0.2, 0.25) is 5.91 Å². The van der Waals surface area contributed by atoms with E-state index in [0.29, 0.717) is 46.8 Å². The average molecular weight is 406 g/mol. The third-order valence-corrected chi connectivity index (χ3v) is 5.72. The number of para-hydroxylation sites is 2. The minimum Gasteiger partial charge on any atom is -0.495 e. The zero-order valence-electron chi connectivity index (χ0n) is 16.9. The number of Topliss-reactive ketones (excluding diaryl/α,β-unsaturated/α-hetero) is 1. The molecule has 30 heavy (non-hydrogen) atoms. The van der Waals surface area contributed by atoms with Gasteiger partial charge in [-0.2, -0.15) is 0 Å². The number of benzene rings is 2. The molecule has 0 saturated carbocycles. The van der Waals surface area contributed by atoms with Crippen LogP contribution in [0.3, 0.4) is 0 Å². The first-order valence-corrected chi connectivity index (χ1v) is 10.0. The van der Waals surface area contributed by atoms with Crippen molar-refractivity contribution < 1.29 is 18.7 Å². The molecule has 5 nitrogen and oxygen atoms in total. The Morgan fingerprint density at radius 2 is 1.87 bits per heavy atom. The molecular formula is C24H23FN2O3. The van der Waals surface area contributed by atoms with Crippen LogP contribution in [0.4, 0.5) is 10.1 Å². The summed E-state index contributed by atoms with van der Waals surface area (Å²) < 4.78 is 20.2. The van der Waals surface area contributed by atoms with Gasteiger partial charge in [0.05, 0.1) is 18.7 Å². The van der Waals surface area contributed by atoms with Crippen molar-refractivity contribution in [2.24, 2.45) is 10.9 Å². The first kappa shape index (κ1) is 20.0. The van der Waals surface area contributed by atoms with E-state index in [1.54, 1.807) is 43.3 Å². The van der Waals surface area contributed by atoms with Gasteiger partial charge in [0.1, 0.15) is 11.6 Å². The van der Waals surface area contributed by atoms with Gasteiger partial charge in [0, 0.05) is 29.3 Å². The third-order valence-electron chi connectivity index (χ3n) is 5.72. The van der Waals surface area contributed by atoms with Crippen LogP contribution in [0.5, 0.6) is 5.75 Å². The molecule has 0 saturated heterocycles. The van der Waals surface area contributed by atoms with E-state index in [1.165, 1.54) is 13.2 Å². The lowest BCUT2D eigenvalue weighted by Crippen LogP contribution is -2.39. The minimum atomic E-state index is -0.799. The number of carbonyl (C=O) groups is 2. The monoisotopic (exact) mass is 406 g/mol. The van der Waals surface area contributed by atoms with Crippen molar-refractivity contribution in [2.45, 2.75) is 32.1 Å². The number of methoxy groups -OCH3 is 1. The molecule has 1 N–H and O–H groups in total. The number of ketones is 1. The van der Waals surface area contributed by atoms with E-state index in [9.17, 15) is 14.0 Å². The Balaban J connectivity index is 1.80. The fourth-order valence-electron chi connectivity index (χ4n) is 4.37. The van der Waals surface area contributed by atoms with Crippen molar-refractivity contribution in [3.8, 4) is 5.75 Å². The van der Waals surface area contributed by atoms with Gasteiger partial charge in [0.25, 0.3) is 0 Å². The number of hydrogen-bond donors (Lipinski definition) is 1. The zero-order chi connectivity index (χ0) is 21.3. The van der Waals surface area contributed by atoms with Crippen LogP contribution in [0.15, 0.2) is 64.8 Å². The van der Waals surface area contributed by atoms with Crippen molar-refractivity contribution >= 4 is 23.1 Å². The van der Waals surface area contributed by atoms with Gasteiger partial charge in [0.15, 0.2) is 5.78 Å². The number of nitrogens with zero attached hydrogens (tertiary/aromatic N) is 1. The first-order chi connectivity index (χ1) is 14.5. The molecule has 1 aliphatic heterocycles. The summed E-state index contributed by atoms with van der Waals surface area (Å²) in [5, 5.41) is 2.89. The smallest absolute Gasteiger partial charge is 0.234 e. The normalized spacial score (nSPS) is 21.0. The molecule has 2 atom stereocenters. The summed E-state index contributed by atoms with van der Waals surface area (Å²) in [5.41, 5.74) is 2.58. The number of ether oxygens (including phenoxy) is 1. The number of halogens is 1. The second-order valence-corrected chi connectivity index (χ2v) is 7.56. The van der Waals surface area contributed by atoms with Crippen LogP contribution in [-0.4, -0.2) is 24.5 Å². The summed E-state index contributed by atoms with van der Waals surface area (Å²) >= 11 is 0. The maximum Gasteiger partial charge on any atom is 0.234 e. The highest BCUT2D eigenvalue weighted by molar-refractivity contribution is 6.13. The maximum atomic E-state index is 14.8. The molecule has 1 amide bonds. The van der Waals surface area contributed by atoms with E-state index in [4.69, 9.17) is 4.74 Å². The third kappa shape index (κ3) is 3.54. The highest BCUT2D eigenvalue weighted by atomic mass is 19.1. The summed E-state index contributed by atoms with van der Waals surface area (Å²) in [5.74, 6) is -1.83. The van der Waals surface area contributed by atoms with E-state index in [-0.39, 0.29) is 11.7 Å². The van der Waals surface area contributed by atoms with Gasteiger partial charge in [-0.1, -0.05) is 30.3 Å². The average Bonchev–Trinajstić information content (AvgIpc) is 2.73. The summed E-state index contributed by atoms with van der Waals surface area (Å²) in [4.78, 5) is 30.9. The van der Waals surface area contributed by atoms with Crippen LogP contribution >= 0.6 is 0 Å². The van der Waals surface area contributed by atoms with E-state index in [1.807, 2.05) is 6.07 Å². The topological polar surface area (TPSA) is 67.8 Å². The Hall–Kier alpha value is -3.28. The molecule has 1 unspecified atom stereocenters. The zero-order valence-corrected chi connectivity index (χ0v) is 16.9. The Kier molecular flexibility index (Phi) is 5.48. The summed E-state index contributed by atoms with van der Waals surface area (Å²) in [6, 6.07) is 13.4. The largest absolute Gasteiger partial charge is 0.495 e. The van der Waals surface area contributed by atoms with E-state index in [2.05, 4.69) is 10.3 Å². The number of anilines is 1. The van der Waals surface area contributed by atoms with Gasteiger partial charge < -0.3 is 10.1 Å². The Labute approximate surface area is 174 Å². The number of carbonyl (C=O) groups excluding carboxylic acids is 2. The Morgan fingerprint density at radius 1 is 1.13 bits per heavy atom. The Bertz CT molecular complexity index is 1070. The molecule has 1 aliphatic carbocycles. The number of allylic oxidation sites excluding steroid dienone is 2. The maximum absolute atomic E-state index is 14.8. The number of nitrogens with one attached hydrogen (secondary N) is 1. The predicted octanol–water partition coefficient (Wildman–Crippen LogP) is 4.65. The highest BCUT2D eigenvalue weighted by Gasteiger charge is 2.43. The molecule has 0 radical (unpaired) electrons. The first-order valence-electron chi connectivity index (χ1n) is 10.0. The number of hydrogen-bond acceptors (Lipinski definition) is 4. The quantitative estimate of drug-likeness (QED) is 0.803. The van der Waals surface area contributed by atoms with E-state index < -0.39 is 17.7 Å². The standard InChI is InChI=1S/C24H23FN2O3/c1-14-21(24(29)27-17-10-5-6-13-20(17)30-2)22(15-8-3-4-9-16(15)25)23-18(26-14)11-7-12-19(23)28/h3-6,8-10,13,21-22H,7,11-12H2,1-2H3,(H,27,29)/t21?,22-/m0/s1. The van der Waals surface area contributed by atoms with Gasteiger partial charge in [-0.05, 0) is 43.5 Å². The number of rotatable bonds is 4. The van der Waals surface area contributed by atoms with E-state index in [0.717, 1.165) is 6.42 Å². The van der Waals surface area contributed by atoms with Crippen LogP contribution in [-0.2, 0) is 9.59 Å². The lowest BCUT2D eigenvalue weighted by molar-refractivity contribution is -0.119. The predicted molar refractivity (Wildman–Crippen MR) is 113 cm³/mol. The van der Waals surface area contributed by atoms with Crippen molar-refractivity contribution in [2.75, 3.05) is 12.4 Å². The van der Waals surface area contributed by atoms with Crippen LogP contribution in [0.2, 0.25) is 0 Å². The van der Waals surface area contributed by atoms with Crippen molar-refractivity contribution in [3.05, 3.63) is 71.2 Å². The second kappa shape index (κ2) is 8.22.